The highest BCUT2D eigenvalue weighted by molar-refractivity contribution is 5.96. The van der Waals surface area contributed by atoms with Gasteiger partial charge in [0.25, 0.3) is 5.91 Å². The van der Waals surface area contributed by atoms with Gasteiger partial charge < -0.3 is 9.32 Å². The second-order valence-corrected chi connectivity index (χ2v) is 3.17. The molecule has 0 saturated heterocycles. The van der Waals surface area contributed by atoms with Crippen molar-refractivity contribution < 1.29 is 9.21 Å². The summed E-state index contributed by atoms with van der Waals surface area (Å²) in [5.74, 6) is 0.731. The molecule has 1 amide bonds. The van der Waals surface area contributed by atoms with Gasteiger partial charge in [0.15, 0.2) is 0 Å². The first kappa shape index (κ1) is 9.84. The van der Waals surface area contributed by atoms with Gasteiger partial charge in [0, 0.05) is 19.2 Å². The lowest BCUT2D eigenvalue weighted by Crippen LogP contribution is -2.26. The molecule has 1 rings (SSSR count). The van der Waals surface area contributed by atoms with Crippen LogP contribution in [0.1, 0.15) is 28.6 Å². The standard InChI is InChI=1S/C10H15NO2/c1-5-11(4)10(12)9-7(2)6-13-8(9)3/h6H,5H2,1-4H3. The molecule has 72 valence electrons. The van der Waals surface area contributed by atoms with Gasteiger partial charge in [-0.15, -0.1) is 0 Å². The van der Waals surface area contributed by atoms with Crippen molar-refractivity contribution >= 4 is 5.91 Å². The van der Waals surface area contributed by atoms with E-state index in [0.29, 0.717) is 17.9 Å². The zero-order valence-electron chi connectivity index (χ0n) is 8.55. The first-order chi connectivity index (χ1) is 6.07. The van der Waals surface area contributed by atoms with E-state index in [4.69, 9.17) is 4.42 Å². The number of aryl methyl sites for hydroxylation is 2. The molecule has 0 saturated carbocycles. The molecule has 0 unspecified atom stereocenters. The Morgan fingerprint density at radius 2 is 2.15 bits per heavy atom. The number of amides is 1. The predicted octanol–water partition coefficient (Wildman–Crippen LogP) is 1.99. The Balaban J connectivity index is 3.01. The summed E-state index contributed by atoms with van der Waals surface area (Å²) in [5, 5.41) is 0. The van der Waals surface area contributed by atoms with Gasteiger partial charge in [-0.2, -0.15) is 0 Å². The lowest BCUT2D eigenvalue weighted by atomic mass is 10.1. The van der Waals surface area contributed by atoms with E-state index < -0.39 is 0 Å². The van der Waals surface area contributed by atoms with Gasteiger partial charge in [0.2, 0.25) is 0 Å². The van der Waals surface area contributed by atoms with Crippen molar-refractivity contribution in [3.63, 3.8) is 0 Å². The average molecular weight is 181 g/mol. The fourth-order valence-corrected chi connectivity index (χ4v) is 1.23. The highest BCUT2D eigenvalue weighted by atomic mass is 16.3. The Kier molecular flexibility index (Phi) is 2.76. The molecule has 13 heavy (non-hydrogen) atoms. The minimum atomic E-state index is 0.0336. The number of furan rings is 1. The van der Waals surface area contributed by atoms with Crippen LogP contribution in [0.2, 0.25) is 0 Å². The van der Waals surface area contributed by atoms with Gasteiger partial charge in [-0.1, -0.05) is 0 Å². The van der Waals surface area contributed by atoms with Gasteiger partial charge >= 0.3 is 0 Å². The maximum atomic E-state index is 11.7. The van der Waals surface area contributed by atoms with Crippen LogP contribution in [0.15, 0.2) is 10.7 Å². The third-order valence-electron chi connectivity index (χ3n) is 2.19. The quantitative estimate of drug-likeness (QED) is 0.699. The summed E-state index contributed by atoms with van der Waals surface area (Å²) in [4.78, 5) is 13.4. The Hall–Kier alpha value is -1.25. The summed E-state index contributed by atoms with van der Waals surface area (Å²) in [5.41, 5.74) is 1.60. The van der Waals surface area contributed by atoms with Gasteiger partial charge in [-0.25, -0.2) is 0 Å². The fraction of sp³-hybridized carbons (Fsp3) is 0.500. The molecule has 0 radical (unpaired) electrons. The van der Waals surface area contributed by atoms with E-state index in [0.717, 1.165) is 5.56 Å². The van der Waals surface area contributed by atoms with Crippen molar-refractivity contribution in [2.75, 3.05) is 13.6 Å². The maximum Gasteiger partial charge on any atom is 0.257 e. The minimum absolute atomic E-state index is 0.0336. The molecule has 0 aliphatic carbocycles. The van der Waals surface area contributed by atoms with Crippen LogP contribution in [0.4, 0.5) is 0 Å². The summed E-state index contributed by atoms with van der Waals surface area (Å²) in [7, 11) is 1.79. The fourth-order valence-electron chi connectivity index (χ4n) is 1.23. The van der Waals surface area contributed by atoms with Crippen molar-refractivity contribution in [3.05, 3.63) is 23.2 Å². The number of hydrogen-bond acceptors (Lipinski definition) is 2. The lowest BCUT2D eigenvalue weighted by molar-refractivity contribution is 0.0800. The second kappa shape index (κ2) is 3.64. The zero-order chi connectivity index (χ0) is 10.0. The largest absolute Gasteiger partial charge is 0.469 e. The first-order valence-corrected chi connectivity index (χ1v) is 4.38. The van der Waals surface area contributed by atoms with Crippen LogP contribution >= 0.6 is 0 Å². The number of hydrogen-bond donors (Lipinski definition) is 0. The van der Waals surface area contributed by atoms with Crippen molar-refractivity contribution in [2.45, 2.75) is 20.8 Å². The molecule has 1 aromatic heterocycles. The molecule has 3 heteroatoms. The average Bonchev–Trinajstić information content (AvgIpc) is 2.44. The van der Waals surface area contributed by atoms with E-state index in [-0.39, 0.29) is 5.91 Å². The van der Waals surface area contributed by atoms with Crippen LogP contribution in [0, 0.1) is 13.8 Å². The van der Waals surface area contributed by atoms with Crippen LogP contribution in [0.3, 0.4) is 0 Å². The number of nitrogens with zero attached hydrogens (tertiary/aromatic N) is 1. The van der Waals surface area contributed by atoms with Crippen LogP contribution in [0.25, 0.3) is 0 Å². The predicted molar refractivity (Wildman–Crippen MR) is 50.8 cm³/mol. The van der Waals surface area contributed by atoms with E-state index in [1.807, 2.05) is 20.8 Å². The molecule has 0 aromatic carbocycles. The summed E-state index contributed by atoms with van der Waals surface area (Å²) in [6.45, 7) is 6.35. The topological polar surface area (TPSA) is 33.5 Å². The van der Waals surface area contributed by atoms with Gasteiger partial charge in [-0.3, -0.25) is 4.79 Å². The minimum Gasteiger partial charge on any atom is -0.469 e. The molecule has 0 bridgehead atoms. The van der Waals surface area contributed by atoms with Crippen molar-refractivity contribution in [1.29, 1.82) is 0 Å². The zero-order valence-corrected chi connectivity index (χ0v) is 8.55. The van der Waals surface area contributed by atoms with Gasteiger partial charge in [0.1, 0.15) is 5.76 Å². The van der Waals surface area contributed by atoms with Crippen molar-refractivity contribution in [2.24, 2.45) is 0 Å². The first-order valence-electron chi connectivity index (χ1n) is 4.38. The SMILES string of the molecule is CCN(C)C(=O)c1c(C)coc1C. The smallest absolute Gasteiger partial charge is 0.257 e. The van der Waals surface area contributed by atoms with E-state index in [9.17, 15) is 4.79 Å². The van der Waals surface area contributed by atoms with Gasteiger partial charge in [0.05, 0.1) is 11.8 Å². The highest BCUT2D eigenvalue weighted by Crippen LogP contribution is 2.16. The monoisotopic (exact) mass is 181 g/mol. The molecule has 0 N–H and O–H groups in total. The summed E-state index contributed by atoms with van der Waals surface area (Å²) in [6.07, 6.45) is 1.62. The molecule has 1 aromatic rings. The molecular weight excluding hydrogens is 166 g/mol. The van der Waals surface area contributed by atoms with Crippen molar-refractivity contribution in [1.82, 2.24) is 4.90 Å². The molecule has 0 aliphatic heterocycles. The van der Waals surface area contributed by atoms with Crippen LogP contribution in [0.5, 0.6) is 0 Å². The highest BCUT2D eigenvalue weighted by Gasteiger charge is 2.17. The molecule has 0 atom stereocenters. The number of carbonyl (C=O) groups is 1. The molecule has 0 aliphatic rings. The Labute approximate surface area is 78.3 Å². The van der Waals surface area contributed by atoms with E-state index in [1.54, 1.807) is 18.2 Å². The molecule has 3 nitrogen and oxygen atoms in total. The van der Waals surface area contributed by atoms with Crippen molar-refractivity contribution in [3.8, 4) is 0 Å². The Morgan fingerprint density at radius 1 is 1.54 bits per heavy atom. The normalized spacial score (nSPS) is 10.2. The van der Waals surface area contributed by atoms with E-state index in [2.05, 4.69) is 0 Å². The lowest BCUT2D eigenvalue weighted by Gasteiger charge is -2.14. The second-order valence-electron chi connectivity index (χ2n) is 3.17. The summed E-state index contributed by atoms with van der Waals surface area (Å²) < 4.78 is 5.16. The van der Waals surface area contributed by atoms with Gasteiger partial charge in [-0.05, 0) is 20.8 Å². The molecule has 0 spiro atoms. The van der Waals surface area contributed by atoms with Crippen LogP contribution in [-0.2, 0) is 0 Å². The van der Waals surface area contributed by atoms with Crippen LogP contribution < -0.4 is 0 Å². The maximum absolute atomic E-state index is 11.7. The Bertz CT molecular complexity index is 295. The number of rotatable bonds is 2. The Morgan fingerprint density at radius 3 is 2.54 bits per heavy atom. The molecule has 1 heterocycles. The summed E-state index contributed by atoms with van der Waals surface area (Å²) in [6, 6.07) is 0. The summed E-state index contributed by atoms with van der Waals surface area (Å²) >= 11 is 0. The third-order valence-corrected chi connectivity index (χ3v) is 2.19. The third kappa shape index (κ3) is 1.74. The van der Waals surface area contributed by atoms with Crippen LogP contribution in [-0.4, -0.2) is 24.4 Å². The van der Waals surface area contributed by atoms with E-state index >= 15 is 0 Å². The van der Waals surface area contributed by atoms with E-state index in [1.165, 1.54) is 0 Å². The molecular formula is C10H15NO2. The number of carbonyl (C=O) groups excluding carboxylic acids is 1. The molecule has 0 fully saturated rings.